The first kappa shape index (κ1) is 14.0. The minimum Gasteiger partial charge on any atom is -0.388 e. The molecule has 0 aromatic heterocycles. The molecule has 5 nitrogen and oxygen atoms in total. The van der Waals surface area contributed by atoms with Crippen LogP contribution in [0.25, 0.3) is 0 Å². The molecule has 0 spiro atoms. The van der Waals surface area contributed by atoms with Crippen LogP contribution in [0.1, 0.15) is 23.7 Å². The summed E-state index contributed by atoms with van der Waals surface area (Å²) in [5, 5.41) is 12.9. The minimum atomic E-state index is -0.737. The molecule has 1 fully saturated rings. The summed E-state index contributed by atoms with van der Waals surface area (Å²) >= 11 is 0. The normalized spacial score (nSPS) is 30.9. The number of aliphatic hydroxyl groups is 1. The van der Waals surface area contributed by atoms with Crippen LogP contribution in [-0.4, -0.2) is 42.7 Å². The number of methoxy groups -OCH3 is 1. The van der Waals surface area contributed by atoms with Crippen molar-refractivity contribution in [3.8, 4) is 0 Å². The third-order valence-electron chi connectivity index (χ3n) is 3.32. The van der Waals surface area contributed by atoms with Gasteiger partial charge in [0, 0.05) is 19.1 Å². The summed E-state index contributed by atoms with van der Waals surface area (Å²) in [6.07, 6.45) is -1.08. The van der Waals surface area contributed by atoms with E-state index in [9.17, 15) is 9.90 Å². The zero-order valence-electron chi connectivity index (χ0n) is 11.1. The Kier molecular flexibility index (Phi) is 4.52. The second kappa shape index (κ2) is 6.14. The number of rotatable bonds is 3. The van der Waals surface area contributed by atoms with Gasteiger partial charge in [0.25, 0.3) is 5.91 Å². The van der Waals surface area contributed by atoms with Gasteiger partial charge in [0.2, 0.25) is 0 Å². The Balaban J connectivity index is 2.02. The molecule has 0 unspecified atom stereocenters. The molecule has 1 amide bonds. The molecular weight excluding hydrogens is 246 g/mol. The van der Waals surface area contributed by atoms with E-state index < -0.39 is 12.4 Å². The smallest absolute Gasteiger partial charge is 0.251 e. The number of nitrogens with one attached hydrogen (secondary N) is 1. The molecule has 2 N–H and O–H groups in total. The van der Waals surface area contributed by atoms with Gasteiger partial charge in [-0.05, 0) is 19.1 Å². The molecule has 2 rings (SSSR count). The largest absolute Gasteiger partial charge is 0.388 e. The van der Waals surface area contributed by atoms with E-state index in [2.05, 4.69) is 5.32 Å². The molecule has 1 aliphatic heterocycles. The zero-order valence-corrected chi connectivity index (χ0v) is 11.1. The van der Waals surface area contributed by atoms with E-state index in [-0.39, 0.29) is 18.1 Å². The summed E-state index contributed by atoms with van der Waals surface area (Å²) in [7, 11) is 1.55. The van der Waals surface area contributed by atoms with Crippen molar-refractivity contribution in [2.24, 2.45) is 0 Å². The van der Waals surface area contributed by atoms with Crippen molar-refractivity contribution < 1.29 is 19.4 Å². The maximum atomic E-state index is 12.1. The average molecular weight is 265 g/mol. The van der Waals surface area contributed by atoms with Gasteiger partial charge >= 0.3 is 0 Å². The second-order valence-electron chi connectivity index (χ2n) is 4.68. The zero-order chi connectivity index (χ0) is 13.8. The van der Waals surface area contributed by atoms with Crippen molar-refractivity contribution in [1.29, 1.82) is 0 Å². The highest BCUT2D eigenvalue weighted by atomic mass is 16.7. The molecule has 0 saturated carbocycles. The fourth-order valence-corrected chi connectivity index (χ4v) is 2.19. The molecule has 1 saturated heterocycles. The van der Waals surface area contributed by atoms with E-state index in [1.807, 2.05) is 6.07 Å². The fraction of sp³-hybridized carbons (Fsp3) is 0.500. The average Bonchev–Trinajstić information content (AvgIpc) is 2.44. The maximum Gasteiger partial charge on any atom is 0.251 e. The van der Waals surface area contributed by atoms with E-state index in [4.69, 9.17) is 9.47 Å². The first-order valence-corrected chi connectivity index (χ1v) is 6.34. The molecule has 5 heteroatoms. The lowest BCUT2D eigenvalue weighted by atomic mass is 9.99. The molecule has 1 aromatic carbocycles. The minimum absolute atomic E-state index is 0.200. The fourth-order valence-electron chi connectivity index (χ4n) is 2.19. The Labute approximate surface area is 112 Å². The Morgan fingerprint density at radius 2 is 2.11 bits per heavy atom. The number of benzene rings is 1. The highest BCUT2D eigenvalue weighted by Crippen LogP contribution is 2.21. The first-order valence-electron chi connectivity index (χ1n) is 6.34. The molecule has 104 valence electrons. The lowest BCUT2D eigenvalue weighted by molar-refractivity contribution is -0.213. The van der Waals surface area contributed by atoms with Crippen molar-refractivity contribution in [2.45, 2.75) is 37.9 Å². The van der Waals surface area contributed by atoms with Crippen LogP contribution < -0.4 is 5.32 Å². The first-order chi connectivity index (χ1) is 9.11. The van der Waals surface area contributed by atoms with Crippen molar-refractivity contribution in [3.05, 3.63) is 35.9 Å². The van der Waals surface area contributed by atoms with Crippen LogP contribution in [0.3, 0.4) is 0 Å². The number of carbonyl (C=O) groups is 1. The molecule has 0 bridgehead atoms. The quantitative estimate of drug-likeness (QED) is 0.853. The van der Waals surface area contributed by atoms with E-state index in [1.54, 1.807) is 38.3 Å². The number of hydrogen-bond donors (Lipinski definition) is 2. The third-order valence-corrected chi connectivity index (χ3v) is 3.32. The van der Waals surface area contributed by atoms with E-state index in [0.29, 0.717) is 12.0 Å². The number of ether oxygens (including phenoxy) is 2. The summed E-state index contributed by atoms with van der Waals surface area (Å²) in [6.45, 7) is 1.76. The van der Waals surface area contributed by atoms with E-state index in [1.165, 1.54) is 0 Å². The Hall–Kier alpha value is -1.43. The van der Waals surface area contributed by atoms with Gasteiger partial charge in [-0.15, -0.1) is 0 Å². The van der Waals surface area contributed by atoms with Crippen molar-refractivity contribution in [2.75, 3.05) is 7.11 Å². The predicted octanol–water partition coefficient (Wildman–Crippen LogP) is 0.927. The van der Waals surface area contributed by atoms with Gasteiger partial charge in [0.1, 0.15) is 6.10 Å². The van der Waals surface area contributed by atoms with Crippen LogP contribution in [0, 0.1) is 0 Å². The number of aliphatic hydroxyl groups excluding tert-OH is 1. The van der Waals surface area contributed by atoms with Crippen LogP contribution in [-0.2, 0) is 9.47 Å². The molecule has 1 heterocycles. The Morgan fingerprint density at radius 3 is 2.74 bits per heavy atom. The number of hydrogen-bond acceptors (Lipinski definition) is 4. The summed E-state index contributed by atoms with van der Waals surface area (Å²) in [5.41, 5.74) is 0.572. The summed E-state index contributed by atoms with van der Waals surface area (Å²) in [5.74, 6) is -0.200. The van der Waals surface area contributed by atoms with Gasteiger partial charge in [-0.2, -0.15) is 0 Å². The number of amides is 1. The molecule has 0 aliphatic carbocycles. The molecule has 4 atom stereocenters. The van der Waals surface area contributed by atoms with Gasteiger partial charge in [-0.3, -0.25) is 4.79 Å². The van der Waals surface area contributed by atoms with Crippen LogP contribution in [0.4, 0.5) is 0 Å². The van der Waals surface area contributed by atoms with Gasteiger partial charge in [-0.25, -0.2) is 0 Å². The van der Waals surface area contributed by atoms with Gasteiger partial charge in [-0.1, -0.05) is 18.2 Å². The second-order valence-corrected chi connectivity index (χ2v) is 4.68. The van der Waals surface area contributed by atoms with Gasteiger partial charge in [0.05, 0.1) is 12.1 Å². The standard InChI is InChI=1S/C14H19NO4/c1-9-13(16)11(8-12(18-2)19-9)15-14(17)10-6-4-3-5-7-10/h3-7,9,11-13,16H,8H2,1-2H3,(H,15,17)/t9-,11+,12+,13+/m0/s1. The molecule has 1 aliphatic rings. The maximum absolute atomic E-state index is 12.1. The monoisotopic (exact) mass is 265 g/mol. The highest BCUT2D eigenvalue weighted by molar-refractivity contribution is 5.94. The molecule has 1 aromatic rings. The molecular formula is C14H19NO4. The van der Waals surface area contributed by atoms with Crippen LogP contribution in [0.5, 0.6) is 0 Å². The SMILES string of the molecule is CO[C@H]1C[C@@H](NC(=O)c2ccccc2)[C@H](O)[C@H](C)O1. The van der Waals surface area contributed by atoms with Gasteiger partial charge < -0.3 is 19.9 Å². The van der Waals surface area contributed by atoms with Crippen molar-refractivity contribution >= 4 is 5.91 Å². The van der Waals surface area contributed by atoms with E-state index in [0.717, 1.165) is 0 Å². The summed E-state index contributed by atoms with van der Waals surface area (Å²) < 4.78 is 10.6. The third kappa shape index (κ3) is 3.32. The lowest BCUT2D eigenvalue weighted by Gasteiger charge is -2.37. The topological polar surface area (TPSA) is 67.8 Å². The number of carbonyl (C=O) groups excluding carboxylic acids is 1. The van der Waals surface area contributed by atoms with Crippen molar-refractivity contribution in [1.82, 2.24) is 5.32 Å². The lowest BCUT2D eigenvalue weighted by Crippen LogP contribution is -2.55. The van der Waals surface area contributed by atoms with Crippen LogP contribution in [0.2, 0.25) is 0 Å². The van der Waals surface area contributed by atoms with Gasteiger partial charge in [0.15, 0.2) is 6.29 Å². The van der Waals surface area contributed by atoms with Crippen molar-refractivity contribution in [3.63, 3.8) is 0 Å². The van der Waals surface area contributed by atoms with Crippen LogP contribution in [0.15, 0.2) is 30.3 Å². The Morgan fingerprint density at radius 1 is 1.42 bits per heavy atom. The van der Waals surface area contributed by atoms with Crippen LogP contribution >= 0.6 is 0 Å². The summed E-state index contributed by atoms with van der Waals surface area (Å²) in [4.78, 5) is 12.1. The predicted molar refractivity (Wildman–Crippen MR) is 69.7 cm³/mol. The molecule has 19 heavy (non-hydrogen) atoms. The highest BCUT2D eigenvalue weighted by Gasteiger charge is 2.36. The van der Waals surface area contributed by atoms with E-state index >= 15 is 0 Å². The Bertz CT molecular complexity index is 423. The summed E-state index contributed by atoms with van der Waals surface area (Å²) in [6, 6.07) is 8.55. The molecule has 0 radical (unpaired) electrons.